The third kappa shape index (κ3) is 4.03. The van der Waals surface area contributed by atoms with Crippen molar-refractivity contribution in [1.82, 2.24) is 15.0 Å². The molecule has 0 saturated carbocycles. The fourth-order valence-electron chi connectivity index (χ4n) is 6.44. The number of aromatic nitrogens is 3. The Morgan fingerprint density at radius 2 is 1.22 bits per heavy atom. The number of furan rings is 1. The SMILES string of the molecule is [2H]C([2H])([2H])c1cccc2c1oc1c(C([2H])([2H])[2H])c(-c3cc(-c4cnc5c(ccc6cccnc65)c4)cc(-c4cccc5cccnc45)c3)ccc12. The van der Waals surface area contributed by atoms with E-state index in [9.17, 15) is 0 Å². The third-order valence-electron chi connectivity index (χ3n) is 8.61. The van der Waals surface area contributed by atoms with E-state index in [0.29, 0.717) is 21.9 Å². The first-order valence-corrected chi connectivity index (χ1v) is 14.7. The average Bonchev–Trinajstić information content (AvgIpc) is 3.51. The van der Waals surface area contributed by atoms with Crippen molar-refractivity contribution >= 4 is 54.6 Å². The third-order valence-corrected chi connectivity index (χ3v) is 8.61. The monoisotopic (exact) mass is 583 g/mol. The van der Waals surface area contributed by atoms with E-state index in [-0.39, 0.29) is 22.3 Å². The first kappa shape index (κ1) is 20.2. The van der Waals surface area contributed by atoms with Crippen molar-refractivity contribution in [1.29, 1.82) is 0 Å². The van der Waals surface area contributed by atoms with Crippen molar-refractivity contribution in [2.24, 2.45) is 0 Å². The fraction of sp³-hybridized carbons (Fsp3) is 0.0488. The van der Waals surface area contributed by atoms with Crippen LogP contribution in [0.15, 0.2) is 132 Å². The highest BCUT2D eigenvalue weighted by atomic mass is 16.3. The highest BCUT2D eigenvalue weighted by Crippen LogP contribution is 2.40. The number of para-hydroxylation sites is 2. The van der Waals surface area contributed by atoms with Crippen LogP contribution >= 0.6 is 0 Å². The second kappa shape index (κ2) is 9.83. The zero-order valence-electron chi connectivity index (χ0n) is 29.9. The van der Waals surface area contributed by atoms with Gasteiger partial charge in [0.25, 0.3) is 0 Å². The van der Waals surface area contributed by atoms with Gasteiger partial charge < -0.3 is 4.42 Å². The topological polar surface area (TPSA) is 51.8 Å². The van der Waals surface area contributed by atoms with Crippen LogP contribution < -0.4 is 0 Å². The zero-order chi connectivity index (χ0) is 35.1. The number of nitrogens with zero attached hydrogens (tertiary/aromatic N) is 3. The Balaban J connectivity index is 1.33. The number of pyridine rings is 3. The van der Waals surface area contributed by atoms with Crippen molar-refractivity contribution < 1.29 is 12.6 Å². The maximum Gasteiger partial charge on any atom is 0.138 e. The van der Waals surface area contributed by atoms with Crippen molar-refractivity contribution in [2.75, 3.05) is 0 Å². The molecule has 0 bridgehead atoms. The Morgan fingerprint density at radius 3 is 2.09 bits per heavy atom. The highest BCUT2D eigenvalue weighted by Gasteiger charge is 2.17. The van der Waals surface area contributed by atoms with E-state index in [1.54, 1.807) is 30.6 Å². The van der Waals surface area contributed by atoms with Crippen LogP contribution in [0.1, 0.15) is 19.4 Å². The quantitative estimate of drug-likeness (QED) is 0.194. The predicted molar refractivity (Wildman–Crippen MR) is 185 cm³/mol. The average molecular weight is 584 g/mol. The molecule has 0 aliphatic rings. The Morgan fingerprint density at radius 1 is 0.511 bits per heavy atom. The summed E-state index contributed by atoms with van der Waals surface area (Å²) in [5, 5.41) is 4.00. The predicted octanol–water partition coefficient (Wildman–Crippen LogP) is 10.8. The molecule has 0 radical (unpaired) electrons. The summed E-state index contributed by atoms with van der Waals surface area (Å²) in [6.45, 7) is -5.04. The summed E-state index contributed by atoms with van der Waals surface area (Å²) in [6.07, 6.45) is 5.35. The van der Waals surface area contributed by atoms with E-state index in [1.807, 2.05) is 79.0 Å². The van der Waals surface area contributed by atoms with Crippen LogP contribution in [0.25, 0.3) is 88.0 Å². The van der Waals surface area contributed by atoms with Gasteiger partial charge in [0.05, 0.1) is 16.6 Å². The van der Waals surface area contributed by atoms with Gasteiger partial charge in [-0.25, -0.2) is 0 Å². The number of aryl methyl sites for hydroxylation is 2. The molecule has 45 heavy (non-hydrogen) atoms. The molecule has 0 atom stereocenters. The van der Waals surface area contributed by atoms with Crippen LogP contribution in [-0.4, -0.2) is 15.0 Å². The van der Waals surface area contributed by atoms with Gasteiger partial charge in [0, 0.05) is 70.4 Å². The molecule has 0 spiro atoms. The molecule has 212 valence electrons. The van der Waals surface area contributed by atoms with Crippen LogP contribution in [-0.2, 0) is 0 Å². The minimum absolute atomic E-state index is 0.0148. The van der Waals surface area contributed by atoms with E-state index < -0.39 is 13.7 Å². The molecule has 0 amide bonds. The maximum atomic E-state index is 8.73. The molecular formula is C41H27N3O. The summed E-state index contributed by atoms with van der Waals surface area (Å²) in [5.41, 5.74) is 7.31. The molecule has 0 saturated heterocycles. The second-order valence-electron chi connectivity index (χ2n) is 11.3. The van der Waals surface area contributed by atoms with Gasteiger partial charge in [-0.3, -0.25) is 15.0 Å². The summed E-state index contributed by atoms with van der Waals surface area (Å²) in [4.78, 5) is 14.2. The summed E-state index contributed by atoms with van der Waals surface area (Å²) in [5.74, 6) is 0. The largest absolute Gasteiger partial charge is 0.455 e. The van der Waals surface area contributed by atoms with Crippen LogP contribution in [0.3, 0.4) is 0 Å². The maximum absolute atomic E-state index is 8.73. The lowest BCUT2D eigenvalue weighted by Crippen LogP contribution is -1.91. The molecule has 4 aromatic heterocycles. The van der Waals surface area contributed by atoms with Crippen LogP contribution in [0.2, 0.25) is 0 Å². The summed E-state index contributed by atoms with van der Waals surface area (Å²) >= 11 is 0. The van der Waals surface area contributed by atoms with Crippen LogP contribution in [0, 0.1) is 13.7 Å². The van der Waals surface area contributed by atoms with Crippen LogP contribution in [0.5, 0.6) is 0 Å². The first-order valence-electron chi connectivity index (χ1n) is 17.7. The Bertz CT molecular complexity index is 2850. The summed E-state index contributed by atoms with van der Waals surface area (Å²) in [7, 11) is 0. The van der Waals surface area contributed by atoms with Gasteiger partial charge in [-0.15, -0.1) is 0 Å². The van der Waals surface area contributed by atoms with Crippen molar-refractivity contribution in [2.45, 2.75) is 13.7 Å². The van der Waals surface area contributed by atoms with E-state index in [0.717, 1.165) is 55.0 Å². The minimum atomic E-state index is -2.60. The lowest BCUT2D eigenvalue weighted by Gasteiger charge is -2.14. The smallest absolute Gasteiger partial charge is 0.138 e. The van der Waals surface area contributed by atoms with Gasteiger partial charge in [0.15, 0.2) is 0 Å². The number of fused-ring (bicyclic) bond motifs is 7. The molecule has 9 aromatic rings. The number of hydrogen-bond acceptors (Lipinski definition) is 4. The van der Waals surface area contributed by atoms with E-state index in [2.05, 4.69) is 17.1 Å². The summed E-state index contributed by atoms with van der Waals surface area (Å²) < 4.78 is 56.7. The van der Waals surface area contributed by atoms with Crippen molar-refractivity contribution in [3.63, 3.8) is 0 Å². The van der Waals surface area contributed by atoms with Crippen LogP contribution in [0.4, 0.5) is 0 Å². The van der Waals surface area contributed by atoms with E-state index in [1.165, 1.54) is 6.07 Å². The molecule has 0 aliphatic heterocycles. The highest BCUT2D eigenvalue weighted by molar-refractivity contribution is 6.09. The lowest BCUT2D eigenvalue weighted by atomic mass is 9.90. The molecule has 4 heteroatoms. The van der Waals surface area contributed by atoms with E-state index in [4.69, 9.17) is 22.6 Å². The van der Waals surface area contributed by atoms with Gasteiger partial charge in [-0.1, -0.05) is 66.7 Å². The van der Waals surface area contributed by atoms with Crippen molar-refractivity contribution in [3.05, 3.63) is 139 Å². The normalized spacial score (nSPS) is 14.3. The van der Waals surface area contributed by atoms with Crippen molar-refractivity contribution in [3.8, 4) is 33.4 Å². The molecule has 0 unspecified atom stereocenters. The van der Waals surface area contributed by atoms with Gasteiger partial charge >= 0.3 is 0 Å². The summed E-state index contributed by atoms with van der Waals surface area (Å²) in [6, 6.07) is 34.5. The zero-order valence-corrected chi connectivity index (χ0v) is 23.9. The molecule has 0 aliphatic carbocycles. The van der Waals surface area contributed by atoms with Gasteiger partial charge in [0.2, 0.25) is 0 Å². The van der Waals surface area contributed by atoms with E-state index >= 15 is 0 Å². The molecule has 9 rings (SSSR count). The first-order chi connectivity index (χ1) is 24.5. The Labute approximate surface area is 268 Å². The Kier molecular flexibility index (Phi) is 4.40. The number of hydrogen-bond donors (Lipinski definition) is 0. The lowest BCUT2D eigenvalue weighted by molar-refractivity contribution is 0.663. The Hall–Kier alpha value is -5.87. The molecule has 0 N–H and O–H groups in total. The fourth-order valence-corrected chi connectivity index (χ4v) is 6.44. The molecule has 0 fully saturated rings. The molecule has 4 nitrogen and oxygen atoms in total. The number of rotatable bonds is 3. The molecule has 4 heterocycles. The molecular weight excluding hydrogens is 550 g/mol. The second-order valence-corrected chi connectivity index (χ2v) is 11.3. The van der Waals surface area contributed by atoms with Gasteiger partial charge in [0.1, 0.15) is 11.2 Å². The standard InChI is InChI=1S/C41H27N3O/c1-24-7-3-12-35-36-16-15-33(25(2)41(36)45-40(24)35)30-20-29(21-31(22-30)34-11-4-8-26-9-5-17-42-37(26)34)32-19-28-14-13-27-10-6-18-43-38(27)39(28)44-23-32/h3-23H,1-2H3/i1D3,2D3. The van der Waals surface area contributed by atoms with Gasteiger partial charge in [-0.05, 0) is 84.0 Å². The minimum Gasteiger partial charge on any atom is -0.455 e. The van der Waals surface area contributed by atoms with Gasteiger partial charge in [-0.2, -0.15) is 0 Å². The molecule has 5 aromatic carbocycles. The number of benzene rings is 5.